The average molecular weight is 326 g/mol. The molecule has 0 bridgehead atoms. The lowest BCUT2D eigenvalue weighted by atomic mass is 9.85. The van der Waals surface area contributed by atoms with Crippen molar-refractivity contribution in [3.05, 3.63) is 29.3 Å². The van der Waals surface area contributed by atoms with Crippen LogP contribution in [0.1, 0.15) is 31.9 Å². The van der Waals surface area contributed by atoms with Gasteiger partial charge in [0.1, 0.15) is 30.2 Å². The normalized spacial score (nSPS) is 31.9. The molecule has 1 aliphatic heterocycles. The highest BCUT2D eigenvalue weighted by Crippen LogP contribution is 2.34. The molecule has 0 saturated carbocycles. The van der Waals surface area contributed by atoms with E-state index in [1.807, 2.05) is 39.8 Å². The summed E-state index contributed by atoms with van der Waals surface area (Å²) < 4.78 is 11.2. The predicted molar refractivity (Wildman–Crippen MR) is 84.3 cm³/mol. The highest BCUT2D eigenvalue weighted by atomic mass is 16.7. The van der Waals surface area contributed by atoms with Gasteiger partial charge in [-0.15, -0.1) is 0 Å². The molecule has 6 heteroatoms. The van der Waals surface area contributed by atoms with Gasteiger partial charge in [-0.25, -0.2) is 0 Å². The van der Waals surface area contributed by atoms with E-state index < -0.39 is 37.3 Å². The van der Waals surface area contributed by atoms with E-state index in [2.05, 4.69) is 0 Å². The number of hydrogen-bond donors (Lipinski definition) is 4. The van der Waals surface area contributed by atoms with Gasteiger partial charge in [0, 0.05) is 0 Å². The molecule has 1 aromatic carbocycles. The smallest absolute Gasteiger partial charge is 0.229 e. The van der Waals surface area contributed by atoms with Gasteiger partial charge < -0.3 is 29.9 Å². The van der Waals surface area contributed by atoms with Crippen LogP contribution in [0.5, 0.6) is 5.75 Å². The molecule has 2 rings (SSSR count). The third-order valence-electron chi connectivity index (χ3n) is 4.03. The minimum absolute atomic E-state index is 0.185. The van der Waals surface area contributed by atoms with Gasteiger partial charge in [-0.1, -0.05) is 38.5 Å². The number of rotatable bonds is 3. The third-order valence-corrected chi connectivity index (χ3v) is 4.03. The van der Waals surface area contributed by atoms with Crippen LogP contribution in [-0.4, -0.2) is 57.7 Å². The lowest BCUT2D eigenvalue weighted by molar-refractivity contribution is -0.277. The maximum atomic E-state index is 10.1. The van der Waals surface area contributed by atoms with Gasteiger partial charge in [-0.05, 0) is 24.0 Å². The van der Waals surface area contributed by atoms with Crippen LogP contribution in [0.4, 0.5) is 0 Å². The molecule has 1 heterocycles. The maximum absolute atomic E-state index is 10.1. The van der Waals surface area contributed by atoms with Crippen LogP contribution in [0.3, 0.4) is 0 Å². The molecule has 1 aromatic rings. The largest absolute Gasteiger partial charge is 0.462 e. The lowest BCUT2D eigenvalue weighted by Gasteiger charge is -2.40. The van der Waals surface area contributed by atoms with Crippen molar-refractivity contribution in [3.8, 4) is 5.75 Å². The molecule has 6 nitrogen and oxygen atoms in total. The topological polar surface area (TPSA) is 99.4 Å². The summed E-state index contributed by atoms with van der Waals surface area (Å²) in [5.41, 5.74) is 1.83. The number of hydrogen-bond acceptors (Lipinski definition) is 6. The quantitative estimate of drug-likeness (QED) is 0.644. The van der Waals surface area contributed by atoms with Crippen LogP contribution >= 0.6 is 0 Å². The van der Waals surface area contributed by atoms with Gasteiger partial charge in [0.25, 0.3) is 0 Å². The fourth-order valence-electron chi connectivity index (χ4n) is 2.62. The van der Waals surface area contributed by atoms with Crippen molar-refractivity contribution in [3.63, 3.8) is 0 Å². The van der Waals surface area contributed by atoms with Crippen molar-refractivity contribution in [1.82, 2.24) is 0 Å². The fraction of sp³-hybridized carbons (Fsp3) is 0.647. The monoisotopic (exact) mass is 326 g/mol. The molecule has 0 spiro atoms. The Morgan fingerprint density at radius 3 is 2.30 bits per heavy atom. The Morgan fingerprint density at radius 1 is 1.09 bits per heavy atom. The standard InChI is InChI=1S/C17H26O6/c1-9-5-6-11(10(7-9)17(2,3)4)22-16-15(21)14(20)13(19)12(8-18)23-16/h5-7,12-16,18-21H,8H2,1-4H3/t12-,13+,14-,15-,16-/m1/s1. The Bertz CT molecular complexity index is 536. The van der Waals surface area contributed by atoms with Crippen molar-refractivity contribution in [2.75, 3.05) is 6.61 Å². The molecule has 0 unspecified atom stereocenters. The summed E-state index contributed by atoms with van der Waals surface area (Å²) in [5, 5.41) is 39.0. The molecule has 1 aliphatic rings. The minimum atomic E-state index is -1.45. The van der Waals surface area contributed by atoms with E-state index in [0.717, 1.165) is 11.1 Å². The summed E-state index contributed by atoms with van der Waals surface area (Å²) in [6.45, 7) is 7.63. The molecule has 5 atom stereocenters. The van der Waals surface area contributed by atoms with Gasteiger partial charge in [-0.3, -0.25) is 0 Å². The van der Waals surface area contributed by atoms with Crippen LogP contribution in [0.2, 0.25) is 0 Å². The Balaban J connectivity index is 2.28. The summed E-state index contributed by atoms with van der Waals surface area (Å²) in [6.07, 6.45) is -6.41. The van der Waals surface area contributed by atoms with Crippen LogP contribution in [0, 0.1) is 6.92 Å². The Labute approximate surface area is 136 Å². The van der Waals surface area contributed by atoms with E-state index in [1.165, 1.54) is 0 Å². The zero-order valence-corrected chi connectivity index (χ0v) is 13.9. The third kappa shape index (κ3) is 3.84. The number of aryl methyl sites for hydroxylation is 1. The molecule has 0 aliphatic carbocycles. The highest BCUT2D eigenvalue weighted by molar-refractivity contribution is 5.41. The van der Waals surface area contributed by atoms with Crippen LogP contribution in [0.15, 0.2) is 18.2 Å². The molecular formula is C17H26O6. The Kier molecular flexibility index (Phi) is 5.33. The number of aliphatic hydroxyl groups excluding tert-OH is 4. The summed E-state index contributed by atoms with van der Waals surface area (Å²) in [5.74, 6) is 0.535. The van der Waals surface area contributed by atoms with Crippen LogP contribution in [-0.2, 0) is 10.2 Å². The average Bonchev–Trinajstić information content (AvgIpc) is 2.48. The number of aliphatic hydroxyl groups is 4. The maximum Gasteiger partial charge on any atom is 0.229 e. The first-order valence-electron chi connectivity index (χ1n) is 7.73. The molecule has 130 valence electrons. The van der Waals surface area contributed by atoms with Gasteiger partial charge in [0.2, 0.25) is 6.29 Å². The van der Waals surface area contributed by atoms with E-state index in [9.17, 15) is 20.4 Å². The van der Waals surface area contributed by atoms with Crippen molar-refractivity contribution in [2.24, 2.45) is 0 Å². The first-order chi connectivity index (χ1) is 10.6. The van der Waals surface area contributed by atoms with E-state index in [4.69, 9.17) is 9.47 Å². The number of benzene rings is 1. The zero-order valence-electron chi connectivity index (χ0n) is 13.9. The molecule has 4 N–H and O–H groups in total. The molecule has 0 radical (unpaired) electrons. The van der Waals surface area contributed by atoms with E-state index in [0.29, 0.717) is 5.75 Å². The molecule has 23 heavy (non-hydrogen) atoms. The minimum Gasteiger partial charge on any atom is -0.462 e. The summed E-state index contributed by atoms with van der Waals surface area (Å²) in [6, 6.07) is 5.67. The molecule has 1 fully saturated rings. The first kappa shape index (κ1) is 18.2. The van der Waals surface area contributed by atoms with Crippen molar-refractivity contribution < 1.29 is 29.9 Å². The van der Waals surface area contributed by atoms with Crippen LogP contribution in [0.25, 0.3) is 0 Å². The van der Waals surface area contributed by atoms with Crippen molar-refractivity contribution in [1.29, 1.82) is 0 Å². The SMILES string of the molecule is Cc1ccc(O[C@@H]2O[C@H](CO)[C@H](O)[C@@H](O)[C@H]2O)c(C(C)(C)C)c1. The second kappa shape index (κ2) is 6.75. The predicted octanol–water partition coefficient (Wildman–Crippen LogP) is 0.471. The first-order valence-corrected chi connectivity index (χ1v) is 7.73. The van der Waals surface area contributed by atoms with Gasteiger partial charge in [-0.2, -0.15) is 0 Å². The van der Waals surface area contributed by atoms with Gasteiger partial charge >= 0.3 is 0 Å². The van der Waals surface area contributed by atoms with E-state index in [-0.39, 0.29) is 5.41 Å². The van der Waals surface area contributed by atoms with Crippen molar-refractivity contribution in [2.45, 2.75) is 63.8 Å². The second-order valence-corrected chi connectivity index (χ2v) is 7.06. The van der Waals surface area contributed by atoms with Crippen LogP contribution < -0.4 is 4.74 Å². The zero-order chi connectivity index (χ0) is 17.4. The molecule has 1 saturated heterocycles. The van der Waals surface area contributed by atoms with Gasteiger partial charge in [0.05, 0.1) is 6.61 Å². The Morgan fingerprint density at radius 2 is 1.74 bits per heavy atom. The summed E-state index contributed by atoms with van der Waals surface area (Å²) >= 11 is 0. The Hall–Kier alpha value is -1.18. The molecule has 0 aromatic heterocycles. The lowest BCUT2D eigenvalue weighted by Crippen LogP contribution is -2.60. The van der Waals surface area contributed by atoms with E-state index in [1.54, 1.807) is 6.07 Å². The molecular weight excluding hydrogens is 300 g/mol. The fourth-order valence-corrected chi connectivity index (χ4v) is 2.62. The number of ether oxygens (including phenoxy) is 2. The molecule has 0 amide bonds. The van der Waals surface area contributed by atoms with Crippen molar-refractivity contribution >= 4 is 0 Å². The van der Waals surface area contributed by atoms with Gasteiger partial charge in [0.15, 0.2) is 0 Å². The highest BCUT2D eigenvalue weighted by Gasteiger charge is 2.45. The summed E-state index contributed by atoms with van der Waals surface area (Å²) in [4.78, 5) is 0. The summed E-state index contributed by atoms with van der Waals surface area (Å²) in [7, 11) is 0. The second-order valence-electron chi connectivity index (χ2n) is 7.06. The van der Waals surface area contributed by atoms with E-state index >= 15 is 0 Å².